The highest BCUT2D eigenvalue weighted by atomic mass is 16.3. The lowest BCUT2D eigenvalue weighted by Gasteiger charge is -2.64. The van der Waals surface area contributed by atoms with Gasteiger partial charge in [-0.15, -0.1) is 0 Å². The van der Waals surface area contributed by atoms with E-state index in [2.05, 4.69) is 134 Å². The van der Waals surface area contributed by atoms with Crippen molar-refractivity contribution < 1.29 is 39.3 Å². The van der Waals surface area contributed by atoms with E-state index in [0.29, 0.717) is 100 Å². The van der Waals surface area contributed by atoms with Gasteiger partial charge in [0.2, 0.25) is 0 Å². The van der Waals surface area contributed by atoms with E-state index in [1.54, 1.807) is 11.1 Å². The van der Waals surface area contributed by atoms with E-state index in [1.165, 1.54) is 120 Å². The summed E-state index contributed by atoms with van der Waals surface area (Å²) in [4.78, 5) is 61.4. The van der Waals surface area contributed by atoms with Crippen LogP contribution in [0.15, 0.2) is 69.9 Å². The zero-order valence-corrected chi connectivity index (χ0v) is 71.4. The maximum atomic E-state index is 12.4. The topological polar surface area (TPSA) is 146 Å². The number of carbonyl (C=O) groups is 5. The number of Topliss-reactive ketones (excluding diaryl/α,β-unsaturated/α-hetero) is 4. The maximum Gasteiger partial charge on any atom is 0.155 e. The quantitative estimate of drug-likeness (QED) is 0.203. The molecule has 0 heterocycles. The Morgan fingerprint density at radius 1 is 0.345 bits per heavy atom. The SMILES string of the molecule is C.C/C=C1/CCC2C3CC[C@@H]4C[C@H](C)CC[C@]4(C)C3=CC[C@]12C.CC1=CC[C@@]2(C)C(=C1)CCC1C3CCC(=O)[C@@]3(C)CC[C@@]12O.C[C@@H]1CC[C@@]2(C)[C@H](CCC3C4CCC(=O)[C@@]4(C)CC[C@@]32O)C1.C[C@@H]1CC[C@]2(C)C3=CC[C@]4(C)C(=O)CCC4C3CC[C@@H]2C1.C[C@]12CCC(=O)C=C1CCC1C3CCC(=O)[C@@]3(C)CC[C@@]12O. The van der Waals surface area contributed by atoms with Crippen LogP contribution in [0.5, 0.6) is 0 Å². The van der Waals surface area contributed by atoms with Crippen LogP contribution >= 0.6 is 0 Å². The number of aliphatic hydroxyl groups is 3. The van der Waals surface area contributed by atoms with E-state index in [1.807, 2.05) is 11.6 Å². The van der Waals surface area contributed by atoms with Gasteiger partial charge in [0.1, 0.15) is 23.1 Å². The highest BCUT2D eigenvalue weighted by Crippen LogP contribution is 2.73. The summed E-state index contributed by atoms with van der Waals surface area (Å²) in [6.45, 7) is 35.1. The highest BCUT2D eigenvalue weighted by molar-refractivity contribution is 5.92. The lowest BCUT2D eigenvalue weighted by molar-refractivity contribution is -0.233. The van der Waals surface area contributed by atoms with Crippen LogP contribution in [0.2, 0.25) is 0 Å². The van der Waals surface area contributed by atoms with Crippen molar-refractivity contribution in [2.45, 2.75) is 385 Å². The zero-order chi connectivity index (χ0) is 77.6. The molecule has 0 aromatic heterocycles. The van der Waals surface area contributed by atoms with Gasteiger partial charge in [-0.1, -0.05) is 168 Å². The van der Waals surface area contributed by atoms with Crippen molar-refractivity contribution in [3.05, 3.63) is 69.9 Å². The second kappa shape index (κ2) is 28.5. The van der Waals surface area contributed by atoms with Crippen LogP contribution in [0.25, 0.3) is 0 Å². The van der Waals surface area contributed by atoms with E-state index in [0.717, 1.165) is 181 Å². The van der Waals surface area contributed by atoms with Crippen molar-refractivity contribution in [2.24, 2.45) is 149 Å². The molecule has 0 aromatic rings. The van der Waals surface area contributed by atoms with Crippen LogP contribution in [0.1, 0.15) is 368 Å². The first-order valence-corrected chi connectivity index (χ1v) is 46.4. The summed E-state index contributed by atoms with van der Waals surface area (Å²) in [5.41, 5.74) is 8.24. The van der Waals surface area contributed by atoms with Crippen LogP contribution in [0, 0.1) is 149 Å². The minimum atomic E-state index is -0.730. The average Bonchev–Trinajstić information content (AvgIpc) is 1.45. The maximum absolute atomic E-state index is 12.4. The first kappa shape index (κ1) is 81.8. The number of rotatable bonds is 0. The lowest BCUT2D eigenvalue weighted by Crippen LogP contribution is -2.65. The number of carbonyl (C=O) groups excluding carboxylic acids is 5. The smallest absolute Gasteiger partial charge is 0.155 e. The Balaban J connectivity index is 0.000000109. The van der Waals surface area contributed by atoms with Crippen LogP contribution in [-0.4, -0.2) is 61.0 Å². The summed E-state index contributed by atoms with van der Waals surface area (Å²) < 4.78 is 0. The molecule has 0 spiro atoms. The van der Waals surface area contributed by atoms with Crippen molar-refractivity contribution >= 4 is 28.9 Å². The first-order chi connectivity index (χ1) is 51.4. The van der Waals surface area contributed by atoms with Gasteiger partial charge < -0.3 is 15.3 Å². The Morgan fingerprint density at radius 3 is 1.25 bits per heavy atom. The molecule has 0 aliphatic heterocycles. The summed E-state index contributed by atoms with van der Waals surface area (Å²) in [6.07, 6.45) is 58.2. The average molecular weight is 1510 g/mol. The fourth-order valence-corrected chi connectivity index (χ4v) is 33.3. The molecule has 20 aliphatic rings. The van der Waals surface area contributed by atoms with Gasteiger partial charge in [-0.2, -0.15) is 0 Å². The number of hydrogen-bond donors (Lipinski definition) is 3. The van der Waals surface area contributed by atoms with Crippen molar-refractivity contribution in [3.8, 4) is 0 Å². The molecule has 16 fully saturated rings. The van der Waals surface area contributed by atoms with Crippen molar-refractivity contribution in [2.75, 3.05) is 0 Å². The third-order valence-corrected chi connectivity index (χ3v) is 41.1. The molecule has 0 radical (unpaired) electrons. The van der Waals surface area contributed by atoms with Gasteiger partial charge in [0.05, 0.1) is 16.8 Å². The van der Waals surface area contributed by atoms with Gasteiger partial charge in [0.25, 0.3) is 0 Å². The van der Waals surface area contributed by atoms with Crippen molar-refractivity contribution in [3.63, 3.8) is 0 Å². The summed E-state index contributed by atoms with van der Waals surface area (Å²) in [7, 11) is 0. The lowest BCUT2D eigenvalue weighted by atomic mass is 9.42. The molecule has 20 aliphatic carbocycles. The van der Waals surface area contributed by atoms with Gasteiger partial charge in [-0.25, -0.2) is 0 Å². The minimum absolute atomic E-state index is 0. The Bertz CT molecular complexity index is 3850. The van der Waals surface area contributed by atoms with Gasteiger partial charge >= 0.3 is 0 Å². The minimum Gasteiger partial charge on any atom is -0.389 e. The van der Waals surface area contributed by atoms with Gasteiger partial charge in [-0.05, 0) is 355 Å². The molecule has 610 valence electrons. The molecule has 8 nitrogen and oxygen atoms in total. The molecular weight excluding hydrogens is 1350 g/mol. The first-order valence-electron chi connectivity index (χ1n) is 46.4. The molecule has 0 aromatic carbocycles. The Kier molecular flexibility index (Phi) is 21.2. The van der Waals surface area contributed by atoms with Crippen LogP contribution < -0.4 is 0 Å². The van der Waals surface area contributed by atoms with E-state index >= 15 is 0 Å². The van der Waals surface area contributed by atoms with Crippen LogP contribution in [-0.2, 0) is 24.0 Å². The predicted molar refractivity (Wildman–Crippen MR) is 445 cm³/mol. The largest absolute Gasteiger partial charge is 0.389 e. The Labute approximate surface area is 668 Å². The summed E-state index contributed by atoms with van der Waals surface area (Å²) in [5.74, 6) is 12.6. The molecule has 0 bridgehead atoms. The Hall–Kier alpha value is -3.33. The fourth-order valence-electron chi connectivity index (χ4n) is 33.3. The van der Waals surface area contributed by atoms with Crippen LogP contribution in [0.4, 0.5) is 0 Å². The number of allylic oxidation sites excluding steroid dienone is 9. The van der Waals surface area contributed by atoms with Gasteiger partial charge in [-0.3, -0.25) is 24.0 Å². The standard InChI is InChI=1S/C22H34.C20H32O2.C20H28O2.C20H30O.C19H26O3.CH4/c1-5-16-7-9-19-18-8-6-17-14-15(2)10-12-22(17,4)20(18)11-13-21(16,19)3;2*1-13-8-9-19(3)14(12-13)4-5-16-15-6-7-17(21)18(15,2)10-11-20(16,19)22;1-13-8-10-19(2)14(12-13)4-5-15-16-6-7-18(21)20(16,3)11-9-17(15)19;1-17-9-10-19(22)15(14(17)5-6-16(17)21)4-3-12-11-13(20)7-8-18(12,19)2;/h5,11,15,17-19H,6-10,12-14H2,1-4H3;13-16,22H,4-12H2,1-3H3;8,12,15-16,22H,4-7,9-11H2,1-3H3;9,13-16H,4-8,10-12H2,1-3H3;11,14-15,22H,3-10H2,1-2H3;1H4/b16-5-;;;;;/t15-,17-,18?,19?,21-,22+;13-,14-,15?,16?,18+,19+,20-;15?,16?,18-,19-,20+;13-,14-,15?,16?,19+,20+;14?,15?,17-,18-,19+;/m11010./s1. The van der Waals surface area contributed by atoms with Gasteiger partial charge in [0, 0.05) is 64.6 Å². The normalized spacial score (nSPS) is 52.5. The number of ketones is 5. The van der Waals surface area contributed by atoms with Gasteiger partial charge in [0.15, 0.2) is 5.78 Å². The Morgan fingerprint density at radius 2 is 0.745 bits per heavy atom. The molecule has 29 atom stereocenters. The molecule has 3 N–H and O–H groups in total. The van der Waals surface area contributed by atoms with E-state index in [4.69, 9.17) is 0 Å². The van der Waals surface area contributed by atoms with E-state index < -0.39 is 16.8 Å². The zero-order valence-electron chi connectivity index (χ0n) is 71.4. The molecule has 10 unspecified atom stereocenters. The molecule has 0 saturated heterocycles. The molecular formula is C102H154O8. The summed E-state index contributed by atoms with van der Waals surface area (Å²) in [5, 5.41) is 35.4. The number of fused-ring (bicyclic) bond motifs is 25. The number of hydrogen-bond acceptors (Lipinski definition) is 8. The summed E-state index contributed by atoms with van der Waals surface area (Å²) in [6, 6.07) is 0. The molecule has 110 heavy (non-hydrogen) atoms. The van der Waals surface area contributed by atoms with E-state index in [9.17, 15) is 39.3 Å². The van der Waals surface area contributed by atoms with Crippen LogP contribution in [0.3, 0.4) is 0 Å². The molecule has 0 amide bonds. The second-order valence-electron chi connectivity index (χ2n) is 45.3. The third-order valence-electron chi connectivity index (χ3n) is 41.1. The fraction of sp³-hybridized carbons (Fsp3) is 0.833. The summed E-state index contributed by atoms with van der Waals surface area (Å²) >= 11 is 0. The molecule has 20 rings (SSSR count). The van der Waals surface area contributed by atoms with Crippen molar-refractivity contribution in [1.82, 2.24) is 0 Å². The molecule has 16 saturated carbocycles. The van der Waals surface area contributed by atoms with Crippen molar-refractivity contribution in [1.29, 1.82) is 0 Å². The van der Waals surface area contributed by atoms with E-state index in [-0.39, 0.29) is 57.0 Å². The third kappa shape index (κ3) is 12.0. The second-order valence-corrected chi connectivity index (χ2v) is 45.3. The monoisotopic (exact) mass is 1510 g/mol. The predicted octanol–water partition coefficient (Wildman–Crippen LogP) is 24.1. The molecule has 8 heteroatoms. The highest BCUT2D eigenvalue weighted by Gasteiger charge is 2.70.